The minimum absolute atomic E-state index is 0.0834. The molecule has 0 spiro atoms. The van der Waals surface area contributed by atoms with Crippen LogP contribution >= 0.6 is 0 Å². The Morgan fingerprint density at radius 3 is 2.38 bits per heavy atom. The van der Waals surface area contributed by atoms with E-state index in [2.05, 4.69) is 11.9 Å². The number of benzene rings is 3. The number of aliphatic hydroxyl groups is 1. The molecule has 1 aliphatic rings. The number of ether oxygens (including phenoxy) is 2. The Kier molecular flexibility index (Phi) is 7.40. The van der Waals surface area contributed by atoms with Crippen LogP contribution in [0.15, 0.2) is 103 Å². The molecule has 4 rings (SSSR count). The van der Waals surface area contributed by atoms with E-state index in [-0.39, 0.29) is 12.5 Å². The lowest BCUT2D eigenvalue weighted by Gasteiger charge is -2.29. The molecule has 2 N–H and O–H groups in total. The maximum atomic E-state index is 13.7. The summed E-state index contributed by atoms with van der Waals surface area (Å²) in [6.45, 7) is 4.41. The fourth-order valence-electron chi connectivity index (χ4n) is 3.92. The molecule has 0 bridgehead atoms. The molecule has 3 aromatic rings. The highest BCUT2D eigenvalue weighted by atomic mass is 16.5. The second-order valence-corrected chi connectivity index (χ2v) is 8.01. The molecule has 1 aliphatic heterocycles. The summed E-state index contributed by atoms with van der Waals surface area (Å²) in [4.78, 5) is 18.6. The zero-order valence-corrected chi connectivity index (χ0v) is 18.9. The molecule has 6 nitrogen and oxygen atoms in total. The highest BCUT2D eigenvalue weighted by Gasteiger charge is 2.52. The molecule has 34 heavy (non-hydrogen) atoms. The fraction of sp³-hybridized carbons (Fsp3) is 0.214. The van der Waals surface area contributed by atoms with E-state index in [0.29, 0.717) is 36.8 Å². The first kappa shape index (κ1) is 23.3. The van der Waals surface area contributed by atoms with Crippen molar-refractivity contribution < 1.29 is 19.4 Å². The maximum absolute atomic E-state index is 13.7. The zero-order chi connectivity index (χ0) is 23.8. The van der Waals surface area contributed by atoms with E-state index in [1.165, 1.54) is 0 Å². The first-order chi connectivity index (χ1) is 16.7. The number of amides is 1. The normalized spacial score (nSPS) is 19.1. The number of carbonyl (C=O) groups is 1. The minimum atomic E-state index is -1.22. The standard InChI is InChI=1S/C28H28N2O4/c1-2-18-28(27(32)29-23-12-7-4-8-13-23)25(21-10-5-3-6-11-21)34-26(30-28)22-14-16-24(17-15-22)33-20-9-19-31/h2-8,10-17,25,31H,1,9,18-20H2,(H,29,32)/t25-,28-/m1/s1. The lowest BCUT2D eigenvalue weighted by atomic mass is 9.84. The van der Waals surface area contributed by atoms with Gasteiger partial charge in [0.15, 0.2) is 11.6 Å². The van der Waals surface area contributed by atoms with E-state index >= 15 is 0 Å². The summed E-state index contributed by atoms with van der Waals surface area (Å²) in [6.07, 6.45) is 1.95. The van der Waals surface area contributed by atoms with Crippen molar-refractivity contribution in [3.8, 4) is 5.75 Å². The van der Waals surface area contributed by atoms with E-state index in [1.54, 1.807) is 6.08 Å². The number of para-hydroxylation sites is 1. The van der Waals surface area contributed by atoms with Crippen molar-refractivity contribution in [2.45, 2.75) is 24.5 Å². The fourth-order valence-corrected chi connectivity index (χ4v) is 3.92. The van der Waals surface area contributed by atoms with Crippen LogP contribution in [-0.4, -0.2) is 35.7 Å². The first-order valence-corrected chi connectivity index (χ1v) is 11.3. The number of aliphatic imine (C=N–C) groups is 1. The minimum Gasteiger partial charge on any atom is -0.494 e. The molecule has 0 aliphatic carbocycles. The van der Waals surface area contributed by atoms with Gasteiger partial charge in [0.05, 0.1) is 6.61 Å². The van der Waals surface area contributed by atoms with Crippen LogP contribution in [-0.2, 0) is 9.53 Å². The molecular weight excluding hydrogens is 428 g/mol. The van der Waals surface area contributed by atoms with Gasteiger partial charge in [-0.3, -0.25) is 4.79 Å². The molecular formula is C28H28N2O4. The van der Waals surface area contributed by atoms with Crippen molar-refractivity contribution >= 4 is 17.5 Å². The number of nitrogens with zero attached hydrogens (tertiary/aromatic N) is 1. The number of hydrogen-bond acceptors (Lipinski definition) is 5. The van der Waals surface area contributed by atoms with Crippen LogP contribution in [0.4, 0.5) is 5.69 Å². The molecule has 2 atom stereocenters. The van der Waals surface area contributed by atoms with E-state index in [9.17, 15) is 4.79 Å². The number of aliphatic hydroxyl groups excluding tert-OH is 1. The second-order valence-electron chi connectivity index (χ2n) is 8.01. The number of rotatable bonds is 10. The molecule has 3 aromatic carbocycles. The molecule has 0 unspecified atom stereocenters. The van der Waals surface area contributed by atoms with Gasteiger partial charge in [-0.25, -0.2) is 4.99 Å². The number of anilines is 1. The predicted octanol–water partition coefficient (Wildman–Crippen LogP) is 4.92. The quantitative estimate of drug-likeness (QED) is 0.335. The summed E-state index contributed by atoms with van der Waals surface area (Å²) in [5.41, 5.74) is 1.07. The van der Waals surface area contributed by atoms with Crippen molar-refractivity contribution in [1.82, 2.24) is 0 Å². The van der Waals surface area contributed by atoms with Gasteiger partial charge >= 0.3 is 0 Å². The molecule has 1 heterocycles. The van der Waals surface area contributed by atoms with Crippen LogP contribution in [0, 0.1) is 0 Å². The van der Waals surface area contributed by atoms with Crippen molar-refractivity contribution in [2.24, 2.45) is 4.99 Å². The molecule has 0 aromatic heterocycles. The van der Waals surface area contributed by atoms with Gasteiger partial charge in [-0.15, -0.1) is 6.58 Å². The van der Waals surface area contributed by atoms with Gasteiger partial charge in [-0.2, -0.15) is 0 Å². The predicted molar refractivity (Wildman–Crippen MR) is 133 cm³/mol. The topological polar surface area (TPSA) is 80.2 Å². The van der Waals surface area contributed by atoms with E-state index < -0.39 is 11.6 Å². The van der Waals surface area contributed by atoms with E-state index in [4.69, 9.17) is 19.6 Å². The van der Waals surface area contributed by atoms with Crippen LogP contribution in [0.2, 0.25) is 0 Å². The second kappa shape index (κ2) is 10.8. The first-order valence-electron chi connectivity index (χ1n) is 11.3. The molecule has 6 heteroatoms. The highest BCUT2D eigenvalue weighted by molar-refractivity contribution is 6.05. The SMILES string of the molecule is C=CC[C@@]1(C(=O)Nc2ccccc2)N=C(c2ccc(OCCCO)cc2)O[C@@H]1c1ccccc1. The van der Waals surface area contributed by atoms with Crippen LogP contribution in [0.25, 0.3) is 0 Å². The van der Waals surface area contributed by atoms with E-state index in [0.717, 1.165) is 11.1 Å². The summed E-state index contributed by atoms with van der Waals surface area (Å²) in [6, 6.07) is 26.3. The zero-order valence-electron chi connectivity index (χ0n) is 18.9. The Labute approximate surface area is 199 Å². The molecule has 0 saturated carbocycles. The van der Waals surface area contributed by atoms with Crippen molar-refractivity contribution in [2.75, 3.05) is 18.5 Å². The smallest absolute Gasteiger partial charge is 0.257 e. The average Bonchev–Trinajstić information content (AvgIpc) is 3.27. The van der Waals surface area contributed by atoms with Crippen LogP contribution in [0.1, 0.15) is 30.1 Å². The molecule has 174 valence electrons. The summed E-state index contributed by atoms with van der Waals surface area (Å²) < 4.78 is 12.0. The monoisotopic (exact) mass is 456 g/mol. The molecule has 0 fully saturated rings. The molecule has 0 saturated heterocycles. The summed E-state index contributed by atoms with van der Waals surface area (Å²) in [5, 5.41) is 11.9. The average molecular weight is 457 g/mol. The van der Waals surface area contributed by atoms with Crippen molar-refractivity contribution in [3.63, 3.8) is 0 Å². The number of nitrogens with one attached hydrogen (secondary N) is 1. The Balaban J connectivity index is 1.69. The molecule has 1 amide bonds. The molecule has 0 radical (unpaired) electrons. The van der Waals surface area contributed by atoms with Gasteiger partial charge in [-0.05, 0) is 42.0 Å². The van der Waals surface area contributed by atoms with Crippen LogP contribution in [0.3, 0.4) is 0 Å². The van der Waals surface area contributed by atoms with Gasteiger partial charge in [0.1, 0.15) is 5.75 Å². The number of carbonyl (C=O) groups excluding carboxylic acids is 1. The van der Waals surface area contributed by atoms with Gasteiger partial charge < -0.3 is 19.9 Å². The Hall–Kier alpha value is -3.90. The summed E-state index contributed by atoms with van der Waals surface area (Å²) in [5.74, 6) is 0.821. The number of hydrogen-bond donors (Lipinski definition) is 2. The Morgan fingerprint density at radius 1 is 1.06 bits per heavy atom. The van der Waals surface area contributed by atoms with Gasteiger partial charge in [0.25, 0.3) is 5.91 Å². The van der Waals surface area contributed by atoms with Crippen molar-refractivity contribution in [3.05, 3.63) is 109 Å². The lowest BCUT2D eigenvalue weighted by molar-refractivity contribution is -0.123. The van der Waals surface area contributed by atoms with Crippen molar-refractivity contribution in [1.29, 1.82) is 0 Å². The van der Waals surface area contributed by atoms with Gasteiger partial charge in [-0.1, -0.05) is 54.6 Å². The van der Waals surface area contributed by atoms with Gasteiger partial charge in [0, 0.05) is 30.7 Å². The Bertz CT molecular complexity index is 1130. The highest BCUT2D eigenvalue weighted by Crippen LogP contribution is 2.43. The summed E-state index contributed by atoms with van der Waals surface area (Å²) in [7, 11) is 0. The summed E-state index contributed by atoms with van der Waals surface area (Å²) >= 11 is 0. The maximum Gasteiger partial charge on any atom is 0.257 e. The lowest BCUT2D eigenvalue weighted by Crippen LogP contribution is -2.44. The third kappa shape index (κ3) is 5.02. The third-order valence-corrected chi connectivity index (χ3v) is 5.62. The van der Waals surface area contributed by atoms with E-state index in [1.807, 2.05) is 84.9 Å². The third-order valence-electron chi connectivity index (χ3n) is 5.62. The van der Waals surface area contributed by atoms with Crippen LogP contribution < -0.4 is 10.1 Å². The Morgan fingerprint density at radius 2 is 1.74 bits per heavy atom. The van der Waals surface area contributed by atoms with Gasteiger partial charge in [0.2, 0.25) is 5.90 Å². The largest absolute Gasteiger partial charge is 0.494 e. The van der Waals surface area contributed by atoms with Crippen LogP contribution in [0.5, 0.6) is 5.75 Å².